The summed E-state index contributed by atoms with van der Waals surface area (Å²) in [5.74, 6) is -0.00977. The van der Waals surface area contributed by atoms with Gasteiger partial charge in [0.05, 0.1) is 10.7 Å². The van der Waals surface area contributed by atoms with Gasteiger partial charge >= 0.3 is 0 Å². The number of carbonyl (C=O) groups is 1. The number of nitrogens with zero attached hydrogens (tertiary/aromatic N) is 1. The zero-order valence-corrected chi connectivity index (χ0v) is 12.3. The lowest BCUT2D eigenvalue weighted by atomic mass is 10.1. The number of benzene rings is 1. The molecule has 0 fully saturated rings. The number of carbonyl (C=O) groups excluding carboxylic acids is 1. The summed E-state index contributed by atoms with van der Waals surface area (Å²) in [6.07, 6.45) is 0.779. The van der Waals surface area contributed by atoms with Crippen LogP contribution in [0.15, 0.2) is 23.6 Å². The molecule has 0 saturated heterocycles. The summed E-state index contributed by atoms with van der Waals surface area (Å²) in [7, 11) is 0. The Labute approximate surface area is 117 Å². The normalized spacial score (nSPS) is 10.5. The highest BCUT2D eigenvalue weighted by Gasteiger charge is 2.08. The van der Waals surface area contributed by atoms with Gasteiger partial charge in [-0.1, -0.05) is 17.7 Å². The summed E-state index contributed by atoms with van der Waals surface area (Å²) >= 11 is 1.64. The first-order valence-corrected chi connectivity index (χ1v) is 7.20. The van der Waals surface area contributed by atoms with Gasteiger partial charge in [-0.3, -0.25) is 4.79 Å². The molecule has 0 spiro atoms. The van der Waals surface area contributed by atoms with Crippen molar-refractivity contribution in [3.8, 4) is 0 Å². The van der Waals surface area contributed by atoms with Crippen molar-refractivity contribution in [2.45, 2.75) is 27.2 Å². The zero-order chi connectivity index (χ0) is 13.8. The lowest BCUT2D eigenvalue weighted by Crippen LogP contribution is -2.26. The third-order valence-corrected chi connectivity index (χ3v) is 3.78. The van der Waals surface area contributed by atoms with Crippen molar-refractivity contribution in [1.29, 1.82) is 0 Å². The average Bonchev–Trinajstić information content (AvgIpc) is 2.75. The maximum atomic E-state index is 12.0. The van der Waals surface area contributed by atoms with Crippen LogP contribution in [0.5, 0.6) is 0 Å². The smallest absolute Gasteiger partial charge is 0.251 e. The molecule has 100 valence electrons. The Morgan fingerprint density at radius 1 is 1.32 bits per heavy atom. The van der Waals surface area contributed by atoms with Gasteiger partial charge in [-0.15, -0.1) is 11.3 Å². The van der Waals surface area contributed by atoms with E-state index in [0.717, 1.165) is 28.2 Å². The first kappa shape index (κ1) is 13.7. The molecule has 1 N–H and O–H groups in total. The van der Waals surface area contributed by atoms with E-state index in [1.807, 2.05) is 44.4 Å². The molecule has 0 atom stereocenters. The van der Waals surface area contributed by atoms with Crippen molar-refractivity contribution < 1.29 is 4.79 Å². The summed E-state index contributed by atoms with van der Waals surface area (Å²) in [6.45, 7) is 6.60. The van der Waals surface area contributed by atoms with E-state index >= 15 is 0 Å². The number of amides is 1. The van der Waals surface area contributed by atoms with Crippen molar-refractivity contribution in [3.63, 3.8) is 0 Å². The van der Waals surface area contributed by atoms with Gasteiger partial charge in [-0.25, -0.2) is 4.98 Å². The number of aryl methyl sites for hydroxylation is 3. The topological polar surface area (TPSA) is 42.0 Å². The molecule has 0 bridgehead atoms. The molecule has 19 heavy (non-hydrogen) atoms. The van der Waals surface area contributed by atoms with Crippen LogP contribution in [0.3, 0.4) is 0 Å². The Kier molecular flexibility index (Phi) is 4.32. The van der Waals surface area contributed by atoms with E-state index < -0.39 is 0 Å². The van der Waals surface area contributed by atoms with Crippen LogP contribution in [-0.4, -0.2) is 17.4 Å². The molecule has 1 aromatic carbocycles. The highest BCUT2D eigenvalue weighted by Crippen LogP contribution is 2.11. The van der Waals surface area contributed by atoms with E-state index in [1.54, 1.807) is 11.3 Å². The average molecular weight is 274 g/mol. The first-order valence-electron chi connectivity index (χ1n) is 6.32. The number of rotatable bonds is 4. The second kappa shape index (κ2) is 5.97. The molecule has 1 aromatic heterocycles. The van der Waals surface area contributed by atoms with Gasteiger partial charge in [-0.05, 0) is 32.4 Å². The number of hydrogen-bond acceptors (Lipinski definition) is 3. The van der Waals surface area contributed by atoms with Crippen molar-refractivity contribution in [3.05, 3.63) is 51.0 Å². The van der Waals surface area contributed by atoms with Crippen molar-refractivity contribution in [2.75, 3.05) is 6.54 Å². The monoisotopic (exact) mass is 274 g/mol. The highest BCUT2D eigenvalue weighted by molar-refractivity contribution is 7.09. The molecule has 2 rings (SSSR count). The van der Waals surface area contributed by atoms with Gasteiger partial charge in [0.25, 0.3) is 5.91 Å². The van der Waals surface area contributed by atoms with Crippen LogP contribution in [0, 0.1) is 20.8 Å². The van der Waals surface area contributed by atoms with Crippen LogP contribution in [0.2, 0.25) is 0 Å². The van der Waals surface area contributed by atoms with Gasteiger partial charge in [0, 0.05) is 23.9 Å². The van der Waals surface area contributed by atoms with Gasteiger partial charge in [0.2, 0.25) is 0 Å². The molecule has 0 saturated carbocycles. The van der Waals surface area contributed by atoms with E-state index in [1.165, 1.54) is 5.56 Å². The molecule has 1 heterocycles. The third-order valence-electron chi connectivity index (χ3n) is 2.96. The predicted octanol–water partition coefficient (Wildman–Crippen LogP) is 3.04. The molecule has 0 aliphatic rings. The van der Waals surface area contributed by atoms with Crippen molar-refractivity contribution in [2.24, 2.45) is 0 Å². The van der Waals surface area contributed by atoms with Gasteiger partial charge in [-0.2, -0.15) is 0 Å². The SMILES string of the molecule is Cc1ccc(C(=O)NCCc2csc(C)n2)c(C)c1. The second-order valence-electron chi connectivity index (χ2n) is 4.68. The Morgan fingerprint density at radius 2 is 2.11 bits per heavy atom. The Bertz CT molecular complexity index is 590. The number of thiazole rings is 1. The largest absolute Gasteiger partial charge is 0.352 e. The Balaban J connectivity index is 1.90. The molecule has 0 aliphatic carbocycles. The molecule has 4 heteroatoms. The fraction of sp³-hybridized carbons (Fsp3) is 0.333. The van der Waals surface area contributed by atoms with Crippen molar-refractivity contribution in [1.82, 2.24) is 10.3 Å². The van der Waals surface area contributed by atoms with E-state index in [2.05, 4.69) is 10.3 Å². The molecular weight excluding hydrogens is 256 g/mol. The van der Waals surface area contributed by atoms with Crippen LogP contribution in [0.1, 0.15) is 32.2 Å². The van der Waals surface area contributed by atoms with Crippen LogP contribution in [0.4, 0.5) is 0 Å². The quantitative estimate of drug-likeness (QED) is 0.931. The molecular formula is C15H18N2OS. The van der Waals surface area contributed by atoms with Gasteiger partial charge < -0.3 is 5.32 Å². The molecule has 1 amide bonds. The lowest BCUT2D eigenvalue weighted by molar-refractivity contribution is 0.0953. The van der Waals surface area contributed by atoms with Crippen LogP contribution < -0.4 is 5.32 Å². The van der Waals surface area contributed by atoms with Gasteiger partial charge in [0.1, 0.15) is 0 Å². The molecule has 0 unspecified atom stereocenters. The fourth-order valence-electron chi connectivity index (χ4n) is 1.99. The minimum absolute atomic E-state index is 0.00977. The molecule has 3 nitrogen and oxygen atoms in total. The first-order chi connectivity index (χ1) is 9.06. The van der Waals surface area contributed by atoms with E-state index in [0.29, 0.717) is 6.54 Å². The maximum Gasteiger partial charge on any atom is 0.251 e. The minimum Gasteiger partial charge on any atom is -0.352 e. The zero-order valence-electron chi connectivity index (χ0n) is 11.5. The summed E-state index contributed by atoms with van der Waals surface area (Å²) < 4.78 is 0. The van der Waals surface area contributed by atoms with E-state index in [9.17, 15) is 4.79 Å². The molecule has 0 aliphatic heterocycles. The number of hydrogen-bond donors (Lipinski definition) is 1. The van der Waals surface area contributed by atoms with Crippen LogP contribution in [-0.2, 0) is 6.42 Å². The van der Waals surface area contributed by atoms with Crippen LogP contribution >= 0.6 is 11.3 Å². The molecule has 2 aromatic rings. The lowest BCUT2D eigenvalue weighted by Gasteiger charge is -2.07. The summed E-state index contributed by atoms with van der Waals surface area (Å²) in [5, 5.41) is 6.05. The minimum atomic E-state index is -0.00977. The molecule has 0 radical (unpaired) electrons. The predicted molar refractivity (Wildman–Crippen MR) is 78.8 cm³/mol. The summed E-state index contributed by atoms with van der Waals surface area (Å²) in [5.41, 5.74) is 3.98. The standard InChI is InChI=1S/C15H18N2OS/c1-10-4-5-14(11(2)8-10)15(18)16-7-6-13-9-19-12(3)17-13/h4-5,8-9H,6-7H2,1-3H3,(H,16,18). The van der Waals surface area contributed by atoms with E-state index in [4.69, 9.17) is 0 Å². The number of aromatic nitrogens is 1. The van der Waals surface area contributed by atoms with Crippen molar-refractivity contribution >= 4 is 17.2 Å². The number of nitrogens with one attached hydrogen (secondary N) is 1. The summed E-state index contributed by atoms with van der Waals surface area (Å²) in [4.78, 5) is 16.4. The summed E-state index contributed by atoms with van der Waals surface area (Å²) in [6, 6.07) is 5.87. The fourth-order valence-corrected chi connectivity index (χ4v) is 2.64. The van der Waals surface area contributed by atoms with Crippen LogP contribution in [0.25, 0.3) is 0 Å². The highest BCUT2D eigenvalue weighted by atomic mass is 32.1. The second-order valence-corrected chi connectivity index (χ2v) is 5.74. The van der Waals surface area contributed by atoms with E-state index in [-0.39, 0.29) is 5.91 Å². The van der Waals surface area contributed by atoms with Gasteiger partial charge in [0.15, 0.2) is 0 Å². The Morgan fingerprint density at radius 3 is 2.74 bits per heavy atom. The Hall–Kier alpha value is -1.68. The maximum absolute atomic E-state index is 12.0. The third kappa shape index (κ3) is 3.64.